The van der Waals surface area contributed by atoms with Gasteiger partial charge in [-0.15, -0.1) is 0 Å². The fourth-order valence-electron chi connectivity index (χ4n) is 1.32. The molecule has 0 aliphatic carbocycles. The molecule has 0 radical (unpaired) electrons. The normalized spacial score (nSPS) is 17.9. The second-order valence-corrected chi connectivity index (χ2v) is 3.86. The molecule has 0 spiro atoms. The van der Waals surface area contributed by atoms with Crippen molar-refractivity contribution in [2.75, 3.05) is 19.8 Å². The zero-order chi connectivity index (χ0) is 11.4. The Balaban J connectivity index is 1.71. The minimum absolute atomic E-state index is 0.0518. The average molecular weight is 221 g/mol. The molecule has 1 unspecified atom stereocenters. The van der Waals surface area contributed by atoms with Crippen molar-refractivity contribution in [3.8, 4) is 5.75 Å². The van der Waals surface area contributed by atoms with Crippen molar-refractivity contribution in [3.63, 3.8) is 0 Å². The molecule has 86 valence electrons. The van der Waals surface area contributed by atoms with Gasteiger partial charge in [-0.25, -0.2) is 0 Å². The molecule has 1 N–H and O–H groups in total. The van der Waals surface area contributed by atoms with E-state index in [9.17, 15) is 4.79 Å². The van der Waals surface area contributed by atoms with Crippen LogP contribution in [-0.4, -0.2) is 31.8 Å². The Bertz CT molecular complexity index is 374. The van der Waals surface area contributed by atoms with Crippen molar-refractivity contribution in [2.24, 2.45) is 0 Å². The molecule has 4 nitrogen and oxygen atoms in total. The molecule has 4 heteroatoms. The monoisotopic (exact) mass is 221 g/mol. The maximum absolute atomic E-state index is 11.3. The predicted molar refractivity (Wildman–Crippen MR) is 59.4 cm³/mol. The lowest BCUT2D eigenvalue weighted by atomic mass is 10.2. The smallest absolute Gasteiger partial charge is 0.258 e. The number of carbonyl (C=O) groups excluding carboxylic acids is 1. The second-order valence-electron chi connectivity index (χ2n) is 3.86. The largest absolute Gasteiger partial charge is 0.484 e. The van der Waals surface area contributed by atoms with Crippen LogP contribution in [0.1, 0.15) is 5.56 Å². The maximum Gasteiger partial charge on any atom is 0.258 e. The van der Waals surface area contributed by atoms with E-state index >= 15 is 0 Å². The Morgan fingerprint density at radius 3 is 3.12 bits per heavy atom. The lowest BCUT2D eigenvalue weighted by Crippen LogP contribution is -2.31. The average Bonchev–Trinajstić information content (AvgIpc) is 3.07. The van der Waals surface area contributed by atoms with E-state index < -0.39 is 0 Å². The van der Waals surface area contributed by atoms with E-state index in [-0.39, 0.29) is 18.6 Å². The minimum Gasteiger partial charge on any atom is -0.484 e. The highest BCUT2D eigenvalue weighted by atomic mass is 16.6. The van der Waals surface area contributed by atoms with Crippen molar-refractivity contribution in [1.29, 1.82) is 0 Å². The number of nitrogens with one attached hydrogen (secondary N) is 1. The minimum atomic E-state index is -0.114. The van der Waals surface area contributed by atoms with Gasteiger partial charge < -0.3 is 14.8 Å². The zero-order valence-electron chi connectivity index (χ0n) is 9.23. The van der Waals surface area contributed by atoms with Crippen LogP contribution in [0.2, 0.25) is 0 Å². The van der Waals surface area contributed by atoms with E-state index in [1.54, 1.807) is 0 Å². The van der Waals surface area contributed by atoms with Gasteiger partial charge >= 0.3 is 0 Å². The fourth-order valence-corrected chi connectivity index (χ4v) is 1.32. The molecule has 1 fully saturated rings. The van der Waals surface area contributed by atoms with Gasteiger partial charge in [0.1, 0.15) is 5.75 Å². The van der Waals surface area contributed by atoms with Gasteiger partial charge in [-0.3, -0.25) is 4.79 Å². The number of benzene rings is 1. The number of hydrogen-bond acceptors (Lipinski definition) is 3. The number of carbonyl (C=O) groups is 1. The molecule has 0 aromatic heterocycles. The number of epoxide rings is 1. The van der Waals surface area contributed by atoms with Gasteiger partial charge in [-0.1, -0.05) is 12.1 Å². The van der Waals surface area contributed by atoms with Crippen LogP contribution < -0.4 is 10.1 Å². The summed E-state index contributed by atoms with van der Waals surface area (Å²) in [5.41, 5.74) is 1.12. The molecule has 1 amide bonds. The van der Waals surface area contributed by atoms with E-state index in [2.05, 4.69) is 5.32 Å². The SMILES string of the molecule is Cc1cccc(OCC(=O)NCC2CO2)c1. The first kappa shape index (κ1) is 11.0. The molecular weight excluding hydrogens is 206 g/mol. The summed E-state index contributed by atoms with van der Waals surface area (Å²) in [4.78, 5) is 11.3. The van der Waals surface area contributed by atoms with E-state index in [1.165, 1.54) is 0 Å². The highest BCUT2D eigenvalue weighted by Crippen LogP contribution is 2.12. The number of aryl methyl sites for hydroxylation is 1. The third kappa shape index (κ3) is 3.55. The standard InChI is InChI=1S/C12H15NO3/c1-9-3-2-4-10(5-9)16-8-12(14)13-6-11-7-15-11/h2-5,11H,6-8H2,1H3,(H,13,14). The fraction of sp³-hybridized carbons (Fsp3) is 0.417. The van der Waals surface area contributed by atoms with Crippen LogP contribution in [0, 0.1) is 6.92 Å². The van der Waals surface area contributed by atoms with Crippen LogP contribution >= 0.6 is 0 Å². The highest BCUT2D eigenvalue weighted by Gasteiger charge is 2.22. The first-order valence-corrected chi connectivity index (χ1v) is 5.32. The molecule has 1 aromatic carbocycles. The molecule has 0 saturated carbocycles. The second kappa shape index (κ2) is 4.99. The number of rotatable bonds is 5. The molecule has 1 heterocycles. The van der Waals surface area contributed by atoms with E-state index in [0.717, 1.165) is 17.9 Å². The summed E-state index contributed by atoms with van der Waals surface area (Å²) >= 11 is 0. The summed E-state index contributed by atoms with van der Waals surface area (Å²) < 4.78 is 10.3. The number of ether oxygens (including phenoxy) is 2. The number of amides is 1. The first-order valence-electron chi connectivity index (χ1n) is 5.32. The molecule has 0 bridgehead atoms. The zero-order valence-corrected chi connectivity index (χ0v) is 9.23. The Morgan fingerprint density at radius 2 is 2.44 bits per heavy atom. The maximum atomic E-state index is 11.3. The van der Waals surface area contributed by atoms with Crippen LogP contribution in [0.3, 0.4) is 0 Å². The van der Waals surface area contributed by atoms with Crippen LogP contribution in [0.25, 0.3) is 0 Å². The topological polar surface area (TPSA) is 50.9 Å². The van der Waals surface area contributed by atoms with Gasteiger partial charge in [0.2, 0.25) is 0 Å². The summed E-state index contributed by atoms with van der Waals surface area (Å²) in [5.74, 6) is 0.606. The quantitative estimate of drug-likeness (QED) is 0.751. The molecule has 1 atom stereocenters. The van der Waals surface area contributed by atoms with Crippen molar-refractivity contribution in [2.45, 2.75) is 13.0 Å². The lowest BCUT2D eigenvalue weighted by molar-refractivity contribution is -0.123. The summed E-state index contributed by atoms with van der Waals surface area (Å²) in [6, 6.07) is 7.62. The highest BCUT2D eigenvalue weighted by molar-refractivity contribution is 5.77. The molecule has 1 aliphatic rings. The Kier molecular flexibility index (Phi) is 3.41. The van der Waals surface area contributed by atoms with E-state index in [1.807, 2.05) is 31.2 Å². The van der Waals surface area contributed by atoms with Gasteiger partial charge in [0.15, 0.2) is 6.61 Å². The molecule has 1 aliphatic heterocycles. The van der Waals surface area contributed by atoms with Crippen molar-refractivity contribution >= 4 is 5.91 Å². The molecule has 1 saturated heterocycles. The molecular formula is C12H15NO3. The molecule has 1 aromatic rings. The molecule has 16 heavy (non-hydrogen) atoms. The Hall–Kier alpha value is -1.55. The van der Waals surface area contributed by atoms with Crippen LogP contribution in [0.5, 0.6) is 5.75 Å². The first-order chi connectivity index (χ1) is 7.74. The third-order valence-corrected chi connectivity index (χ3v) is 2.29. The summed E-state index contributed by atoms with van der Waals surface area (Å²) in [6.45, 7) is 3.36. The van der Waals surface area contributed by atoms with Gasteiger partial charge in [0.05, 0.1) is 12.7 Å². The lowest BCUT2D eigenvalue weighted by Gasteiger charge is -2.06. The number of hydrogen-bond donors (Lipinski definition) is 1. The van der Waals surface area contributed by atoms with Crippen LogP contribution in [0.4, 0.5) is 0 Å². The summed E-state index contributed by atoms with van der Waals surface area (Å²) in [6.07, 6.45) is 0.211. The van der Waals surface area contributed by atoms with Gasteiger partial charge in [0, 0.05) is 6.54 Å². The van der Waals surface area contributed by atoms with Gasteiger partial charge in [-0.2, -0.15) is 0 Å². The predicted octanol–water partition coefficient (Wildman–Crippen LogP) is 0.889. The Morgan fingerprint density at radius 1 is 1.62 bits per heavy atom. The third-order valence-electron chi connectivity index (χ3n) is 2.29. The van der Waals surface area contributed by atoms with Crippen molar-refractivity contribution < 1.29 is 14.3 Å². The summed E-state index contributed by atoms with van der Waals surface area (Å²) in [7, 11) is 0. The van der Waals surface area contributed by atoms with E-state index in [4.69, 9.17) is 9.47 Å². The van der Waals surface area contributed by atoms with Crippen LogP contribution in [-0.2, 0) is 9.53 Å². The summed E-state index contributed by atoms with van der Waals surface area (Å²) in [5, 5.41) is 2.74. The molecule has 2 rings (SSSR count). The van der Waals surface area contributed by atoms with E-state index in [0.29, 0.717) is 6.54 Å². The van der Waals surface area contributed by atoms with Crippen molar-refractivity contribution in [1.82, 2.24) is 5.32 Å². The van der Waals surface area contributed by atoms with Crippen molar-refractivity contribution in [3.05, 3.63) is 29.8 Å². The van der Waals surface area contributed by atoms with Crippen LogP contribution in [0.15, 0.2) is 24.3 Å². The Labute approximate surface area is 94.6 Å². The van der Waals surface area contributed by atoms with Gasteiger partial charge in [0.25, 0.3) is 5.91 Å². The van der Waals surface area contributed by atoms with Gasteiger partial charge in [-0.05, 0) is 24.6 Å².